The Morgan fingerprint density at radius 2 is 0.552 bits per heavy atom. The smallest absolute Gasteiger partial charge is 0.550 e. The van der Waals surface area contributed by atoms with E-state index in [9.17, 15) is 0 Å². The first-order valence-corrected chi connectivity index (χ1v) is 13.9. The molecule has 0 aliphatic rings. The molecule has 0 N–H and O–H groups in total. The molecular formula is C22H50O4P2Ru+2. The Balaban J connectivity index is -0.0000000950. The minimum absolute atomic E-state index is 0. The van der Waals surface area contributed by atoms with Crippen molar-refractivity contribution < 1.29 is 39.3 Å². The van der Waals surface area contributed by atoms with Gasteiger partial charge in [0, 0.05) is 27.8 Å². The van der Waals surface area contributed by atoms with Crippen molar-refractivity contribution in [2.75, 3.05) is 0 Å². The Morgan fingerprint density at radius 3 is 0.552 bits per heavy atom. The fourth-order valence-electron chi connectivity index (χ4n) is 4.00. The first-order chi connectivity index (χ1) is 12.4. The number of carbonyl (C=O) groups is 2. The van der Waals surface area contributed by atoms with E-state index in [1.54, 1.807) is 0 Å². The Kier molecular flexibility index (Phi) is 31.7. The molecule has 0 saturated heterocycles. The molecule has 0 aliphatic heterocycles. The van der Waals surface area contributed by atoms with Crippen LogP contribution in [0.15, 0.2) is 0 Å². The molecule has 0 fully saturated rings. The van der Waals surface area contributed by atoms with Crippen LogP contribution in [0, 0.1) is 0 Å². The van der Waals surface area contributed by atoms with Gasteiger partial charge in [-0.3, -0.25) is 0 Å². The SMILES string of the molecule is CC(=O)[O-].CC(=O)[O-].CC(C)[PH+](C(C)C)C(C)C.CC(C)[PH+](C(C)C)C(C)C.[Ru+2]. The molecule has 0 saturated carbocycles. The van der Waals surface area contributed by atoms with Gasteiger partial charge in [-0.25, -0.2) is 0 Å². The Hall–Kier alpha value is 0.423. The predicted molar refractivity (Wildman–Crippen MR) is 129 cm³/mol. The van der Waals surface area contributed by atoms with E-state index in [1.807, 2.05) is 0 Å². The zero-order valence-corrected chi connectivity index (χ0v) is 25.2. The second kappa shape index (κ2) is 23.1. The number of aliphatic carboxylic acids is 2. The van der Waals surface area contributed by atoms with E-state index in [2.05, 4.69) is 83.1 Å². The summed E-state index contributed by atoms with van der Waals surface area (Å²) in [6, 6.07) is 0. The molecule has 0 aromatic heterocycles. The Labute approximate surface area is 197 Å². The van der Waals surface area contributed by atoms with Gasteiger partial charge < -0.3 is 19.8 Å². The van der Waals surface area contributed by atoms with Crippen molar-refractivity contribution in [1.29, 1.82) is 0 Å². The molecule has 0 heterocycles. The van der Waals surface area contributed by atoms with Crippen LogP contribution in [-0.4, -0.2) is 45.9 Å². The van der Waals surface area contributed by atoms with Gasteiger partial charge in [0.1, 0.15) is 0 Å². The van der Waals surface area contributed by atoms with Crippen LogP contribution in [0.1, 0.15) is 96.9 Å². The van der Waals surface area contributed by atoms with Crippen LogP contribution in [0.5, 0.6) is 0 Å². The van der Waals surface area contributed by atoms with Crippen molar-refractivity contribution in [2.24, 2.45) is 0 Å². The number of carbonyl (C=O) groups excluding carboxylic acids is 2. The Bertz CT molecular complexity index is 303. The zero-order chi connectivity index (χ0) is 23.8. The summed E-state index contributed by atoms with van der Waals surface area (Å²) >= 11 is 0. The van der Waals surface area contributed by atoms with Crippen molar-refractivity contribution in [2.45, 2.75) is 131 Å². The topological polar surface area (TPSA) is 80.3 Å². The maximum absolute atomic E-state index is 8.89. The van der Waals surface area contributed by atoms with Crippen LogP contribution >= 0.6 is 15.8 Å². The van der Waals surface area contributed by atoms with Crippen molar-refractivity contribution in [1.82, 2.24) is 0 Å². The minimum Gasteiger partial charge on any atom is -0.550 e. The summed E-state index contributed by atoms with van der Waals surface area (Å²) in [4.78, 5) is 17.8. The van der Waals surface area contributed by atoms with E-state index >= 15 is 0 Å². The number of hydrogen-bond acceptors (Lipinski definition) is 4. The number of hydrogen-bond donors (Lipinski definition) is 0. The summed E-state index contributed by atoms with van der Waals surface area (Å²) in [5.74, 6) is -2.17. The second-order valence-electron chi connectivity index (χ2n) is 8.91. The van der Waals surface area contributed by atoms with Crippen LogP contribution in [0.2, 0.25) is 0 Å². The molecule has 0 amide bonds. The molecule has 29 heavy (non-hydrogen) atoms. The molecule has 0 atom stereocenters. The van der Waals surface area contributed by atoms with Crippen molar-refractivity contribution in [3.8, 4) is 0 Å². The normalized spacial score (nSPS) is 10.4. The van der Waals surface area contributed by atoms with Crippen LogP contribution in [0.3, 0.4) is 0 Å². The molecule has 0 spiro atoms. The standard InChI is InChI=1S/2C9H21P.2C2H4O2.Ru/c2*1-7(2)10(8(3)4)9(5)6;2*1-2(3)4;/h2*7-9H,1-6H3;2*1H3,(H,3,4);/q;;;;+2. The van der Waals surface area contributed by atoms with E-state index < -0.39 is 11.9 Å². The van der Waals surface area contributed by atoms with Gasteiger partial charge >= 0.3 is 19.5 Å². The maximum Gasteiger partial charge on any atom is 2.00 e. The van der Waals surface area contributed by atoms with Crippen LogP contribution in [-0.2, 0) is 29.1 Å². The fourth-order valence-corrected chi connectivity index (χ4v) is 12.0. The molecule has 178 valence electrons. The van der Waals surface area contributed by atoms with Gasteiger partial charge in [-0.1, -0.05) is 0 Å². The van der Waals surface area contributed by atoms with Crippen molar-refractivity contribution in [3.05, 3.63) is 0 Å². The second-order valence-corrected chi connectivity index (χ2v) is 17.8. The third kappa shape index (κ3) is 33.3. The van der Waals surface area contributed by atoms with Crippen LogP contribution < -0.4 is 10.2 Å². The van der Waals surface area contributed by atoms with Gasteiger partial charge in [0.05, 0.1) is 34.0 Å². The van der Waals surface area contributed by atoms with E-state index in [-0.39, 0.29) is 35.3 Å². The van der Waals surface area contributed by atoms with Crippen LogP contribution in [0.4, 0.5) is 0 Å². The Morgan fingerprint density at radius 1 is 0.483 bits per heavy atom. The first kappa shape index (κ1) is 39.9. The van der Waals surface area contributed by atoms with Crippen LogP contribution in [0.25, 0.3) is 0 Å². The number of rotatable bonds is 6. The zero-order valence-electron chi connectivity index (χ0n) is 21.5. The molecule has 0 rings (SSSR count). The molecular weight excluding hydrogens is 491 g/mol. The minimum atomic E-state index is -1.08. The summed E-state index contributed by atoms with van der Waals surface area (Å²) in [5.41, 5.74) is 5.61. The predicted octanol–water partition coefficient (Wildman–Crippen LogP) is 4.36. The van der Waals surface area contributed by atoms with Gasteiger partial charge in [0.15, 0.2) is 0 Å². The number of carboxylic acids is 2. The van der Waals surface area contributed by atoms with Gasteiger partial charge in [0.2, 0.25) is 0 Å². The third-order valence-corrected chi connectivity index (χ3v) is 12.0. The molecule has 0 radical (unpaired) electrons. The van der Waals surface area contributed by atoms with Gasteiger partial charge in [-0.05, 0) is 96.9 Å². The average Bonchev–Trinajstić information content (AvgIpc) is 2.33. The van der Waals surface area contributed by atoms with E-state index in [1.165, 1.54) is 0 Å². The quantitative estimate of drug-likeness (QED) is 0.370. The van der Waals surface area contributed by atoms with Crippen molar-refractivity contribution in [3.63, 3.8) is 0 Å². The molecule has 0 aromatic rings. The summed E-state index contributed by atoms with van der Waals surface area (Å²) in [7, 11) is -0.191. The molecule has 4 nitrogen and oxygen atoms in total. The number of carboxylic acid groups (broad SMARTS) is 2. The monoisotopic (exact) mass is 542 g/mol. The van der Waals surface area contributed by atoms with Gasteiger partial charge in [-0.2, -0.15) is 0 Å². The van der Waals surface area contributed by atoms with E-state index in [0.717, 1.165) is 47.8 Å². The average molecular weight is 542 g/mol. The molecule has 0 aliphatic carbocycles. The molecule has 0 bridgehead atoms. The summed E-state index contributed by atoms with van der Waals surface area (Å²) < 4.78 is 0. The van der Waals surface area contributed by atoms with E-state index in [0.29, 0.717) is 0 Å². The summed E-state index contributed by atoms with van der Waals surface area (Å²) in [5, 5.41) is 17.8. The van der Waals surface area contributed by atoms with Gasteiger partial charge in [0.25, 0.3) is 0 Å². The third-order valence-electron chi connectivity index (χ3n) is 4.00. The maximum atomic E-state index is 8.89. The van der Waals surface area contributed by atoms with Gasteiger partial charge in [-0.15, -0.1) is 0 Å². The van der Waals surface area contributed by atoms with Crippen molar-refractivity contribution >= 4 is 27.8 Å². The fraction of sp³-hybridized carbons (Fsp3) is 0.909. The summed E-state index contributed by atoms with van der Waals surface area (Å²) in [6.45, 7) is 30.4. The van der Waals surface area contributed by atoms with E-state index in [4.69, 9.17) is 19.8 Å². The molecule has 0 aromatic carbocycles. The first-order valence-electron chi connectivity index (χ1n) is 10.5. The molecule has 7 heteroatoms. The largest absolute Gasteiger partial charge is 2.00 e. The summed E-state index contributed by atoms with van der Waals surface area (Å²) in [6.07, 6.45) is 0. The molecule has 0 unspecified atom stereocenters.